The third-order valence-corrected chi connectivity index (χ3v) is 3.96. The van der Waals surface area contributed by atoms with Crippen LogP contribution in [0.3, 0.4) is 0 Å². The Kier molecular flexibility index (Phi) is 5.88. The molecule has 0 aromatic heterocycles. The summed E-state index contributed by atoms with van der Waals surface area (Å²) in [5, 5.41) is 9.28. The van der Waals surface area contributed by atoms with E-state index in [9.17, 15) is 0 Å². The van der Waals surface area contributed by atoms with E-state index in [0.717, 1.165) is 12.2 Å². The molecule has 0 saturated carbocycles. The summed E-state index contributed by atoms with van der Waals surface area (Å²) in [6, 6.07) is 8.47. The SMILES string of the molecule is Cc1ccc(C(N)CSC(C)CCO)cc1. The first kappa shape index (κ1) is 13.6. The van der Waals surface area contributed by atoms with Gasteiger partial charge < -0.3 is 10.8 Å². The molecule has 0 heterocycles. The van der Waals surface area contributed by atoms with Crippen molar-refractivity contribution in [2.75, 3.05) is 12.4 Å². The summed E-state index contributed by atoms with van der Waals surface area (Å²) in [5.74, 6) is 0.907. The number of aryl methyl sites for hydroxylation is 1. The highest BCUT2D eigenvalue weighted by Crippen LogP contribution is 2.21. The lowest BCUT2D eigenvalue weighted by molar-refractivity contribution is 0.289. The first-order valence-electron chi connectivity index (χ1n) is 5.68. The normalized spacial score (nSPS) is 14.8. The van der Waals surface area contributed by atoms with Gasteiger partial charge in [-0.05, 0) is 18.9 Å². The van der Waals surface area contributed by atoms with E-state index >= 15 is 0 Å². The molecule has 90 valence electrons. The first-order chi connectivity index (χ1) is 7.63. The number of hydrogen-bond donors (Lipinski definition) is 2. The van der Waals surface area contributed by atoms with E-state index in [4.69, 9.17) is 10.8 Å². The van der Waals surface area contributed by atoms with Crippen LogP contribution < -0.4 is 5.73 Å². The van der Waals surface area contributed by atoms with E-state index in [2.05, 4.69) is 38.1 Å². The molecule has 1 aromatic rings. The molecule has 0 bridgehead atoms. The predicted molar refractivity (Wildman–Crippen MR) is 71.7 cm³/mol. The second-order valence-electron chi connectivity index (χ2n) is 4.17. The maximum atomic E-state index is 8.80. The average Bonchev–Trinajstić information content (AvgIpc) is 2.27. The largest absolute Gasteiger partial charge is 0.396 e. The Bertz CT molecular complexity index is 299. The van der Waals surface area contributed by atoms with E-state index in [1.54, 1.807) is 0 Å². The summed E-state index contributed by atoms with van der Waals surface area (Å²) >= 11 is 1.82. The van der Waals surface area contributed by atoms with Gasteiger partial charge in [0.05, 0.1) is 0 Å². The Labute approximate surface area is 102 Å². The van der Waals surface area contributed by atoms with Crippen molar-refractivity contribution >= 4 is 11.8 Å². The summed E-state index contributed by atoms with van der Waals surface area (Å²) in [5.41, 5.74) is 8.56. The van der Waals surface area contributed by atoms with Crippen molar-refractivity contribution in [1.29, 1.82) is 0 Å². The summed E-state index contributed by atoms with van der Waals surface area (Å²) in [6.07, 6.45) is 0.839. The second kappa shape index (κ2) is 6.94. The minimum atomic E-state index is 0.0896. The van der Waals surface area contributed by atoms with Crippen molar-refractivity contribution in [3.8, 4) is 0 Å². The summed E-state index contributed by atoms with van der Waals surface area (Å²) < 4.78 is 0. The standard InChI is InChI=1S/C13H21NOS/c1-10-3-5-12(6-4-10)13(14)9-16-11(2)7-8-15/h3-6,11,13,15H,7-9,14H2,1-2H3. The molecule has 2 unspecified atom stereocenters. The summed E-state index contributed by atoms with van der Waals surface area (Å²) in [4.78, 5) is 0. The van der Waals surface area contributed by atoms with Gasteiger partial charge in [0.15, 0.2) is 0 Å². The topological polar surface area (TPSA) is 46.2 Å². The molecular formula is C13H21NOS. The fraction of sp³-hybridized carbons (Fsp3) is 0.538. The Hall–Kier alpha value is -0.510. The molecule has 3 heteroatoms. The lowest BCUT2D eigenvalue weighted by Gasteiger charge is -2.15. The van der Waals surface area contributed by atoms with E-state index < -0.39 is 0 Å². The molecule has 0 spiro atoms. The zero-order chi connectivity index (χ0) is 12.0. The maximum Gasteiger partial charge on any atom is 0.0441 e. The van der Waals surface area contributed by atoms with Crippen LogP contribution in [-0.2, 0) is 0 Å². The lowest BCUT2D eigenvalue weighted by Crippen LogP contribution is -2.15. The molecule has 1 aromatic carbocycles. The number of benzene rings is 1. The Morgan fingerprint density at radius 3 is 2.50 bits per heavy atom. The highest BCUT2D eigenvalue weighted by molar-refractivity contribution is 7.99. The smallest absolute Gasteiger partial charge is 0.0441 e. The van der Waals surface area contributed by atoms with Crippen molar-refractivity contribution in [2.45, 2.75) is 31.6 Å². The minimum Gasteiger partial charge on any atom is -0.396 e. The van der Waals surface area contributed by atoms with Crippen LogP contribution in [0.5, 0.6) is 0 Å². The fourth-order valence-electron chi connectivity index (χ4n) is 1.44. The highest BCUT2D eigenvalue weighted by atomic mass is 32.2. The van der Waals surface area contributed by atoms with Crippen LogP contribution in [-0.4, -0.2) is 22.7 Å². The molecule has 0 amide bonds. The van der Waals surface area contributed by atoms with E-state index in [1.807, 2.05) is 11.8 Å². The van der Waals surface area contributed by atoms with Crippen molar-refractivity contribution in [1.82, 2.24) is 0 Å². The van der Waals surface area contributed by atoms with Crippen LogP contribution >= 0.6 is 11.8 Å². The molecule has 0 saturated heterocycles. The fourth-order valence-corrected chi connectivity index (χ4v) is 2.44. The van der Waals surface area contributed by atoms with Gasteiger partial charge in [0, 0.05) is 23.7 Å². The minimum absolute atomic E-state index is 0.0896. The van der Waals surface area contributed by atoms with Gasteiger partial charge >= 0.3 is 0 Å². The number of nitrogens with two attached hydrogens (primary N) is 1. The van der Waals surface area contributed by atoms with Gasteiger partial charge in [-0.3, -0.25) is 0 Å². The summed E-state index contributed by atoms with van der Waals surface area (Å²) in [7, 11) is 0. The van der Waals surface area contributed by atoms with Crippen LogP contribution in [0, 0.1) is 6.92 Å². The lowest BCUT2D eigenvalue weighted by atomic mass is 10.1. The zero-order valence-corrected chi connectivity index (χ0v) is 10.8. The van der Waals surface area contributed by atoms with Crippen LogP contribution in [0.4, 0.5) is 0 Å². The number of aliphatic hydroxyl groups excluding tert-OH is 1. The molecule has 2 atom stereocenters. The molecule has 3 N–H and O–H groups in total. The van der Waals surface area contributed by atoms with Gasteiger partial charge in [-0.1, -0.05) is 36.8 Å². The summed E-state index contributed by atoms with van der Waals surface area (Å²) in [6.45, 7) is 4.46. The van der Waals surface area contributed by atoms with Crippen molar-refractivity contribution in [3.63, 3.8) is 0 Å². The number of rotatable bonds is 6. The second-order valence-corrected chi connectivity index (χ2v) is 5.64. The molecule has 16 heavy (non-hydrogen) atoms. The Balaban J connectivity index is 2.40. The van der Waals surface area contributed by atoms with Crippen molar-refractivity contribution in [3.05, 3.63) is 35.4 Å². The molecular weight excluding hydrogens is 218 g/mol. The van der Waals surface area contributed by atoms with E-state index in [1.165, 1.54) is 11.1 Å². The highest BCUT2D eigenvalue weighted by Gasteiger charge is 2.08. The third-order valence-electron chi connectivity index (χ3n) is 2.60. The van der Waals surface area contributed by atoms with Gasteiger partial charge in [0.25, 0.3) is 0 Å². The average molecular weight is 239 g/mol. The Morgan fingerprint density at radius 2 is 1.94 bits per heavy atom. The van der Waals surface area contributed by atoms with Gasteiger partial charge in [-0.15, -0.1) is 0 Å². The molecule has 0 aliphatic carbocycles. The van der Waals surface area contributed by atoms with Gasteiger partial charge in [0.1, 0.15) is 0 Å². The molecule has 0 aliphatic rings. The van der Waals surface area contributed by atoms with Crippen LogP contribution in [0.2, 0.25) is 0 Å². The first-order valence-corrected chi connectivity index (χ1v) is 6.73. The van der Waals surface area contributed by atoms with Gasteiger partial charge in [0.2, 0.25) is 0 Å². The molecule has 0 aliphatic heterocycles. The maximum absolute atomic E-state index is 8.80. The third kappa shape index (κ3) is 4.56. The van der Waals surface area contributed by atoms with Crippen LogP contribution in [0.15, 0.2) is 24.3 Å². The quantitative estimate of drug-likeness (QED) is 0.802. The van der Waals surface area contributed by atoms with Crippen LogP contribution in [0.25, 0.3) is 0 Å². The monoisotopic (exact) mass is 239 g/mol. The Morgan fingerprint density at radius 1 is 1.31 bits per heavy atom. The van der Waals surface area contributed by atoms with E-state index in [-0.39, 0.29) is 12.6 Å². The van der Waals surface area contributed by atoms with Crippen LogP contribution in [0.1, 0.15) is 30.5 Å². The van der Waals surface area contributed by atoms with Gasteiger partial charge in [-0.2, -0.15) is 11.8 Å². The molecule has 1 rings (SSSR count). The van der Waals surface area contributed by atoms with Crippen molar-refractivity contribution < 1.29 is 5.11 Å². The van der Waals surface area contributed by atoms with E-state index in [0.29, 0.717) is 5.25 Å². The zero-order valence-electron chi connectivity index (χ0n) is 10.0. The molecule has 0 radical (unpaired) electrons. The molecule has 2 nitrogen and oxygen atoms in total. The number of aliphatic hydroxyl groups is 1. The van der Waals surface area contributed by atoms with Gasteiger partial charge in [-0.25, -0.2) is 0 Å². The predicted octanol–water partition coefficient (Wildman–Crippen LogP) is 2.50. The number of hydrogen-bond acceptors (Lipinski definition) is 3. The number of thioether (sulfide) groups is 1. The van der Waals surface area contributed by atoms with Crippen molar-refractivity contribution in [2.24, 2.45) is 5.73 Å². The molecule has 0 fully saturated rings.